The number of hydrogen-bond donors (Lipinski definition) is 2. The second-order valence-corrected chi connectivity index (χ2v) is 4.29. The second kappa shape index (κ2) is 2.46. The maximum absolute atomic E-state index is 10.6. The second-order valence-electron chi connectivity index (χ2n) is 4.29. The molecule has 1 unspecified atom stereocenters. The lowest BCUT2D eigenvalue weighted by atomic mass is 9.79. The molecule has 0 aliphatic heterocycles. The Hall–Kier alpha value is -0.570. The molecule has 3 nitrogen and oxygen atoms in total. The summed E-state index contributed by atoms with van der Waals surface area (Å²) in [5, 5.41) is 8.76. The molecular formula is C9H15NO2. The lowest BCUT2D eigenvalue weighted by Gasteiger charge is -2.26. The van der Waals surface area contributed by atoms with Crippen LogP contribution in [0.2, 0.25) is 0 Å². The first-order valence-electron chi connectivity index (χ1n) is 4.62. The first-order chi connectivity index (χ1) is 5.64. The molecule has 2 fully saturated rings. The van der Waals surface area contributed by atoms with Crippen LogP contribution in [0.4, 0.5) is 0 Å². The fourth-order valence-corrected chi connectivity index (χ4v) is 2.39. The third-order valence-corrected chi connectivity index (χ3v) is 3.58. The van der Waals surface area contributed by atoms with Crippen LogP contribution in [0.25, 0.3) is 0 Å². The highest BCUT2D eigenvalue weighted by atomic mass is 16.4. The lowest BCUT2D eigenvalue weighted by Crippen LogP contribution is -2.25. The van der Waals surface area contributed by atoms with Crippen molar-refractivity contribution in [1.29, 1.82) is 0 Å². The van der Waals surface area contributed by atoms with Crippen molar-refractivity contribution in [3.05, 3.63) is 0 Å². The van der Waals surface area contributed by atoms with E-state index in [0.29, 0.717) is 11.5 Å². The van der Waals surface area contributed by atoms with Gasteiger partial charge in [-0.05, 0) is 37.5 Å². The van der Waals surface area contributed by atoms with E-state index in [1.54, 1.807) is 0 Å². The molecule has 1 atom stereocenters. The minimum Gasteiger partial charge on any atom is -0.481 e. The average Bonchev–Trinajstić information content (AvgIpc) is 2.62. The van der Waals surface area contributed by atoms with Gasteiger partial charge in [-0.15, -0.1) is 0 Å². The zero-order valence-electron chi connectivity index (χ0n) is 7.12. The molecule has 3 heteroatoms. The molecule has 0 aromatic carbocycles. The number of hydrogen-bond acceptors (Lipinski definition) is 2. The summed E-state index contributed by atoms with van der Waals surface area (Å²) >= 11 is 0. The Morgan fingerprint density at radius 3 is 2.25 bits per heavy atom. The minimum absolute atomic E-state index is 0.0941. The van der Waals surface area contributed by atoms with Crippen LogP contribution in [0, 0.1) is 11.3 Å². The molecule has 2 rings (SSSR count). The van der Waals surface area contributed by atoms with E-state index in [1.807, 2.05) is 0 Å². The maximum atomic E-state index is 10.6. The van der Waals surface area contributed by atoms with E-state index in [4.69, 9.17) is 10.8 Å². The minimum atomic E-state index is -0.626. The molecule has 2 saturated carbocycles. The number of carbonyl (C=O) groups is 1. The summed E-state index contributed by atoms with van der Waals surface area (Å²) in [5.41, 5.74) is 6.17. The van der Waals surface area contributed by atoms with Gasteiger partial charge in [-0.3, -0.25) is 4.79 Å². The van der Waals surface area contributed by atoms with Gasteiger partial charge in [0.05, 0.1) is 5.92 Å². The summed E-state index contributed by atoms with van der Waals surface area (Å²) in [7, 11) is 0. The molecule has 0 aromatic rings. The third kappa shape index (κ3) is 1.12. The maximum Gasteiger partial charge on any atom is 0.306 e. The van der Waals surface area contributed by atoms with Crippen molar-refractivity contribution in [3.8, 4) is 0 Å². The van der Waals surface area contributed by atoms with Gasteiger partial charge < -0.3 is 10.8 Å². The van der Waals surface area contributed by atoms with Crippen molar-refractivity contribution in [1.82, 2.24) is 0 Å². The summed E-state index contributed by atoms with van der Waals surface area (Å²) in [4.78, 5) is 10.6. The molecule has 12 heavy (non-hydrogen) atoms. The summed E-state index contributed by atoms with van der Waals surface area (Å²) in [6.45, 7) is 0. The fraction of sp³-hybridized carbons (Fsp3) is 0.889. The third-order valence-electron chi connectivity index (χ3n) is 3.58. The standard InChI is InChI=1S/C9H15NO2/c10-7-5-9(7)3-1-6(2-4-9)8(11)12/h6-7H,1-5,10H2,(H,11,12). The first-order valence-corrected chi connectivity index (χ1v) is 4.62. The topological polar surface area (TPSA) is 63.3 Å². The van der Waals surface area contributed by atoms with E-state index in [1.165, 1.54) is 0 Å². The molecule has 68 valence electrons. The van der Waals surface area contributed by atoms with E-state index in [9.17, 15) is 4.79 Å². The van der Waals surface area contributed by atoms with E-state index >= 15 is 0 Å². The quantitative estimate of drug-likeness (QED) is 0.615. The van der Waals surface area contributed by atoms with Crippen molar-refractivity contribution < 1.29 is 9.90 Å². The number of aliphatic carboxylic acids is 1. The van der Waals surface area contributed by atoms with Gasteiger partial charge in [-0.2, -0.15) is 0 Å². The molecule has 0 saturated heterocycles. The van der Waals surface area contributed by atoms with Gasteiger partial charge in [0, 0.05) is 6.04 Å². The summed E-state index contributed by atoms with van der Waals surface area (Å²) in [6.07, 6.45) is 4.86. The highest BCUT2D eigenvalue weighted by Crippen LogP contribution is 2.56. The van der Waals surface area contributed by atoms with Crippen molar-refractivity contribution in [3.63, 3.8) is 0 Å². The largest absolute Gasteiger partial charge is 0.481 e. The summed E-state index contributed by atoms with van der Waals surface area (Å²) in [6, 6.07) is 0.368. The van der Waals surface area contributed by atoms with Gasteiger partial charge >= 0.3 is 5.97 Å². The van der Waals surface area contributed by atoms with Crippen LogP contribution >= 0.6 is 0 Å². The van der Waals surface area contributed by atoms with Gasteiger partial charge in [0.15, 0.2) is 0 Å². The Balaban J connectivity index is 1.90. The Labute approximate surface area is 71.9 Å². The molecule has 0 aromatic heterocycles. The predicted octanol–water partition coefficient (Wildman–Crippen LogP) is 0.979. The molecule has 0 radical (unpaired) electrons. The van der Waals surface area contributed by atoms with Crippen LogP contribution in [-0.4, -0.2) is 17.1 Å². The summed E-state index contributed by atoms with van der Waals surface area (Å²) < 4.78 is 0. The van der Waals surface area contributed by atoms with Crippen molar-refractivity contribution >= 4 is 5.97 Å². The number of carboxylic acids is 1. The van der Waals surface area contributed by atoms with E-state index in [2.05, 4.69) is 0 Å². The molecule has 2 aliphatic carbocycles. The Morgan fingerprint density at radius 2 is 1.92 bits per heavy atom. The Kier molecular flexibility index (Phi) is 1.65. The van der Waals surface area contributed by atoms with E-state index < -0.39 is 5.97 Å². The molecule has 0 heterocycles. The van der Waals surface area contributed by atoms with Crippen LogP contribution in [0.1, 0.15) is 32.1 Å². The zero-order chi connectivity index (χ0) is 8.77. The predicted molar refractivity (Wildman–Crippen MR) is 44.6 cm³/mol. The monoisotopic (exact) mass is 169 g/mol. The molecule has 0 bridgehead atoms. The highest BCUT2D eigenvalue weighted by Gasteiger charge is 2.53. The molecule has 0 amide bonds. The van der Waals surface area contributed by atoms with Gasteiger partial charge in [0.2, 0.25) is 0 Å². The average molecular weight is 169 g/mol. The molecule has 3 N–H and O–H groups in total. The van der Waals surface area contributed by atoms with Crippen molar-refractivity contribution in [2.24, 2.45) is 17.1 Å². The van der Waals surface area contributed by atoms with Crippen LogP contribution in [0.3, 0.4) is 0 Å². The Bertz CT molecular complexity index is 207. The van der Waals surface area contributed by atoms with E-state index in [0.717, 1.165) is 32.1 Å². The SMILES string of the molecule is NC1CC12CCC(C(=O)O)CC2. The first kappa shape index (κ1) is 8.05. The van der Waals surface area contributed by atoms with Gasteiger partial charge in [-0.25, -0.2) is 0 Å². The number of carboxylic acid groups (broad SMARTS) is 1. The van der Waals surface area contributed by atoms with E-state index in [-0.39, 0.29) is 5.92 Å². The number of rotatable bonds is 1. The van der Waals surface area contributed by atoms with Crippen LogP contribution in [0.5, 0.6) is 0 Å². The van der Waals surface area contributed by atoms with Gasteiger partial charge in [0.1, 0.15) is 0 Å². The van der Waals surface area contributed by atoms with Crippen molar-refractivity contribution in [2.45, 2.75) is 38.1 Å². The normalized spacial score (nSPS) is 46.1. The fourth-order valence-electron chi connectivity index (χ4n) is 2.39. The molecule has 1 spiro atoms. The van der Waals surface area contributed by atoms with Crippen molar-refractivity contribution in [2.75, 3.05) is 0 Å². The lowest BCUT2D eigenvalue weighted by molar-refractivity contribution is -0.143. The summed E-state index contributed by atoms with van der Waals surface area (Å²) in [5.74, 6) is -0.720. The van der Waals surface area contributed by atoms with Gasteiger partial charge in [0.25, 0.3) is 0 Å². The Morgan fingerprint density at radius 1 is 1.42 bits per heavy atom. The smallest absolute Gasteiger partial charge is 0.306 e. The van der Waals surface area contributed by atoms with Crippen LogP contribution in [-0.2, 0) is 4.79 Å². The van der Waals surface area contributed by atoms with Gasteiger partial charge in [-0.1, -0.05) is 0 Å². The van der Waals surface area contributed by atoms with Crippen LogP contribution in [0.15, 0.2) is 0 Å². The number of nitrogens with two attached hydrogens (primary N) is 1. The zero-order valence-corrected chi connectivity index (χ0v) is 7.12. The van der Waals surface area contributed by atoms with Crippen LogP contribution < -0.4 is 5.73 Å². The molecule has 2 aliphatic rings. The molecular weight excluding hydrogens is 154 g/mol. The highest BCUT2D eigenvalue weighted by molar-refractivity contribution is 5.70.